The molecule has 1 heterocycles. The van der Waals surface area contributed by atoms with Crippen molar-refractivity contribution in [3.8, 4) is 0 Å². The van der Waals surface area contributed by atoms with Crippen molar-refractivity contribution in [3.63, 3.8) is 0 Å². The Morgan fingerprint density at radius 1 is 1.53 bits per heavy atom. The first-order chi connectivity index (χ1) is 8.17. The van der Waals surface area contributed by atoms with E-state index in [2.05, 4.69) is 5.32 Å². The topological polar surface area (TPSA) is 32.3 Å². The van der Waals surface area contributed by atoms with Gasteiger partial charge in [0.15, 0.2) is 0 Å². The molecule has 0 aliphatic carbocycles. The summed E-state index contributed by atoms with van der Waals surface area (Å²) in [6, 6.07) is 3.86. The number of carbonyl (C=O) groups excluding carboxylic acids is 1. The van der Waals surface area contributed by atoms with E-state index in [1.54, 1.807) is 0 Å². The molecule has 0 aliphatic rings. The zero-order valence-electron chi connectivity index (χ0n) is 10.3. The summed E-state index contributed by atoms with van der Waals surface area (Å²) >= 11 is 7.41. The summed E-state index contributed by atoms with van der Waals surface area (Å²) in [6.07, 6.45) is 1.49. The van der Waals surface area contributed by atoms with Gasteiger partial charge in [-0.15, -0.1) is 11.3 Å². The maximum atomic E-state index is 11.9. The molecule has 1 N–H and O–H groups in total. The van der Waals surface area contributed by atoms with Gasteiger partial charge in [0, 0.05) is 17.8 Å². The van der Waals surface area contributed by atoms with Gasteiger partial charge in [0.05, 0.1) is 10.9 Å². The molecular formula is C12H19ClN2OS. The van der Waals surface area contributed by atoms with Gasteiger partial charge in [-0.2, -0.15) is 0 Å². The Morgan fingerprint density at radius 2 is 2.29 bits per heavy atom. The summed E-state index contributed by atoms with van der Waals surface area (Å²) in [5, 5.41) is 3.05. The maximum absolute atomic E-state index is 11.9. The van der Waals surface area contributed by atoms with Crippen LogP contribution in [0.3, 0.4) is 0 Å². The van der Waals surface area contributed by atoms with Crippen LogP contribution < -0.4 is 5.32 Å². The quantitative estimate of drug-likeness (QED) is 0.776. The lowest BCUT2D eigenvalue weighted by molar-refractivity contribution is -0.131. The van der Waals surface area contributed by atoms with Gasteiger partial charge in [-0.05, 0) is 39.1 Å². The van der Waals surface area contributed by atoms with Gasteiger partial charge in [0.2, 0.25) is 5.91 Å². The Morgan fingerprint density at radius 3 is 2.82 bits per heavy atom. The molecule has 0 fully saturated rings. The van der Waals surface area contributed by atoms with Crippen LogP contribution in [0.1, 0.15) is 24.6 Å². The number of thiophene rings is 1. The van der Waals surface area contributed by atoms with E-state index in [1.165, 1.54) is 11.3 Å². The molecule has 3 nitrogen and oxygen atoms in total. The molecule has 17 heavy (non-hydrogen) atoms. The molecule has 0 unspecified atom stereocenters. The van der Waals surface area contributed by atoms with E-state index in [9.17, 15) is 4.79 Å². The van der Waals surface area contributed by atoms with Crippen molar-refractivity contribution in [1.29, 1.82) is 0 Å². The van der Waals surface area contributed by atoms with Crippen LogP contribution in [-0.4, -0.2) is 30.9 Å². The third-order valence-corrected chi connectivity index (χ3v) is 3.74. The minimum atomic E-state index is 0.215. The van der Waals surface area contributed by atoms with E-state index in [0.29, 0.717) is 13.0 Å². The Balaban J connectivity index is 2.44. The average molecular weight is 275 g/mol. The van der Waals surface area contributed by atoms with Gasteiger partial charge in [-0.3, -0.25) is 4.79 Å². The van der Waals surface area contributed by atoms with Crippen LogP contribution >= 0.6 is 22.9 Å². The van der Waals surface area contributed by atoms with E-state index in [4.69, 9.17) is 11.6 Å². The molecule has 0 spiro atoms. The maximum Gasteiger partial charge on any atom is 0.222 e. The first-order valence-corrected chi connectivity index (χ1v) is 7.03. The van der Waals surface area contributed by atoms with Crippen LogP contribution in [0.15, 0.2) is 12.1 Å². The normalized spacial score (nSPS) is 10.5. The number of carbonyl (C=O) groups is 1. The zero-order chi connectivity index (χ0) is 12.7. The fourth-order valence-corrected chi connectivity index (χ4v) is 2.68. The highest BCUT2D eigenvalue weighted by Gasteiger charge is 2.12. The molecule has 0 aliphatic heterocycles. The minimum Gasteiger partial charge on any atom is -0.338 e. The summed E-state index contributed by atoms with van der Waals surface area (Å²) in [6.45, 7) is 4.31. The van der Waals surface area contributed by atoms with Gasteiger partial charge < -0.3 is 10.2 Å². The van der Waals surface area contributed by atoms with Gasteiger partial charge in [0.1, 0.15) is 0 Å². The van der Waals surface area contributed by atoms with E-state index in [-0.39, 0.29) is 5.91 Å². The minimum absolute atomic E-state index is 0.215. The number of amides is 1. The smallest absolute Gasteiger partial charge is 0.222 e. The molecule has 0 atom stereocenters. The second-order valence-corrected chi connectivity index (χ2v) is 5.62. The highest BCUT2D eigenvalue weighted by molar-refractivity contribution is 7.16. The van der Waals surface area contributed by atoms with Crippen LogP contribution in [0.25, 0.3) is 0 Å². The number of hydrogen-bond acceptors (Lipinski definition) is 3. The molecular weight excluding hydrogens is 256 g/mol. The van der Waals surface area contributed by atoms with Crippen LogP contribution in [0.2, 0.25) is 4.34 Å². The largest absolute Gasteiger partial charge is 0.338 e. The molecule has 1 aromatic heterocycles. The molecule has 1 rings (SSSR count). The van der Waals surface area contributed by atoms with Crippen molar-refractivity contribution in [2.24, 2.45) is 0 Å². The number of rotatable bonds is 7. The van der Waals surface area contributed by atoms with Gasteiger partial charge in [-0.25, -0.2) is 0 Å². The summed E-state index contributed by atoms with van der Waals surface area (Å²) in [5.41, 5.74) is 0. The second-order valence-electron chi connectivity index (χ2n) is 3.82. The standard InChI is InChI=1S/C12H19ClN2OS/c1-3-15(12(16)5-4-8-14-2)9-10-6-7-11(13)17-10/h6-7,14H,3-5,8-9H2,1-2H3. The number of halogens is 1. The number of nitrogens with zero attached hydrogens (tertiary/aromatic N) is 1. The van der Waals surface area contributed by atoms with E-state index < -0.39 is 0 Å². The van der Waals surface area contributed by atoms with E-state index in [0.717, 1.165) is 28.7 Å². The van der Waals surface area contributed by atoms with Crippen LogP contribution in [-0.2, 0) is 11.3 Å². The summed E-state index contributed by atoms with van der Waals surface area (Å²) in [5.74, 6) is 0.215. The lowest BCUT2D eigenvalue weighted by Gasteiger charge is -2.20. The summed E-state index contributed by atoms with van der Waals surface area (Å²) < 4.78 is 0.777. The number of nitrogens with one attached hydrogen (secondary N) is 1. The molecule has 1 aromatic rings. The predicted molar refractivity (Wildman–Crippen MR) is 73.6 cm³/mol. The van der Waals surface area contributed by atoms with E-state index in [1.807, 2.05) is 31.0 Å². The molecule has 0 saturated carbocycles. The van der Waals surface area contributed by atoms with Crippen LogP contribution in [0, 0.1) is 0 Å². The molecule has 96 valence electrons. The fraction of sp³-hybridized carbons (Fsp3) is 0.583. The van der Waals surface area contributed by atoms with Gasteiger partial charge >= 0.3 is 0 Å². The molecule has 1 amide bonds. The fourth-order valence-electron chi connectivity index (χ4n) is 1.58. The lowest BCUT2D eigenvalue weighted by Crippen LogP contribution is -2.30. The van der Waals surface area contributed by atoms with Crippen LogP contribution in [0.5, 0.6) is 0 Å². The number of hydrogen-bond donors (Lipinski definition) is 1. The molecule has 0 aromatic carbocycles. The van der Waals surface area contributed by atoms with Gasteiger partial charge in [0.25, 0.3) is 0 Å². The highest BCUT2D eigenvalue weighted by Crippen LogP contribution is 2.22. The highest BCUT2D eigenvalue weighted by atomic mass is 35.5. The van der Waals surface area contributed by atoms with Crippen molar-refractivity contribution in [2.45, 2.75) is 26.3 Å². The first-order valence-electron chi connectivity index (χ1n) is 5.84. The van der Waals surface area contributed by atoms with Crippen molar-refractivity contribution in [1.82, 2.24) is 10.2 Å². The van der Waals surface area contributed by atoms with Crippen molar-refractivity contribution >= 4 is 28.8 Å². The molecule has 0 saturated heterocycles. The molecule has 5 heteroatoms. The predicted octanol–water partition coefficient (Wildman–Crippen LogP) is 2.75. The van der Waals surface area contributed by atoms with Crippen molar-refractivity contribution in [3.05, 3.63) is 21.3 Å². The zero-order valence-corrected chi connectivity index (χ0v) is 11.9. The SMILES string of the molecule is CCN(Cc1ccc(Cl)s1)C(=O)CCCNC. The molecule has 0 bridgehead atoms. The Bertz CT molecular complexity index is 354. The summed E-state index contributed by atoms with van der Waals surface area (Å²) in [7, 11) is 1.90. The Kier molecular flexibility index (Phi) is 6.55. The molecule has 0 radical (unpaired) electrons. The lowest BCUT2D eigenvalue weighted by atomic mass is 10.2. The monoisotopic (exact) mass is 274 g/mol. The third kappa shape index (κ3) is 5.06. The van der Waals surface area contributed by atoms with Crippen molar-refractivity contribution in [2.75, 3.05) is 20.1 Å². The van der Waals surface area contributed by atoms with E-state index >= 15 is 0 Å². The van der Waals surface area contributed by atoms with Crippen LogP contribution in [0.4, 0.5) is 0 Å². The second kappa shape index (κ2) is 7.69. The van der Waals surface area contributed by atoms with Crippen molar-refractivity contribution < 1.29 is 4.79 Å². The first kappa shape index (κ1) is 14.5. The average Bonchev–Trinajstić information content (AvgIpc) is 2.72. The summed E-state index contributed by atoms with van der Waals surface area (Å²) in [4.78, 5) is 14.9. The third-order valence-electron chi connectivity index (χ3n) is 2.53. The van der Waals surface area contributed by atoms with Gasteiger partial charge in [-0.1, -0.05) is 11.6 Å². The Labute approximate surface area is 112 Å². The Hall–Kier alpha value is -0.580.